The van der Waals surface area contributed by atoms with Crippen LogP contribution >= 0.6 is 0 Å². The van der Waals surface area contributed by atoms with E-state index in [1.54, 1.807) is 0 Å². The predicted octanol–water partition coefficient (Wildman–Crippen LogP) is 3.81. The Morgan fingerprint density at radius 1 is 1.15 bits per heavy atom. The monoisotopic (exact) mass is 200 g/mol. The summed E-state index contributed by atoms with van der Waals surface area (Å²) in [5, 5.41) is 0. The molecule has 1 saturated carbocycles. The van der Waals surface area contributed by atoms with E-state index < -0.39 is 8.32 Å². The molecule has 0 unspecified atom stereocenters. The minimum atomic E-state index is -1.29. The summed E-state index contributed by atoms with van der Waals surface area (Å²) >= 11 is 0. The summed E-state index contributed by atoms with van der Waals surface area (Å²) in [6.45, 7) is 7.76. The minimum absolute atomic E-state index is 0.909. The molecule has 1 nitrogen and oxygen atoms in total. The first-order chi connectivity index (χ1) is 6.14. The molecule has 1 fully saturated rings. The second-order valence-corrected chi connectivity index (χ2v) is 9.12. The van der Waals surface area contributed by atoms with Crippen molar-refractivity contribution < 1.29 is 4.43 Å². The zero-order chi connectivity index (χ0) is 9.73. The molecule has 0 aromatic carbocycles. The van der Waals surface area contributed by atoms with Gasteiger partial charge in [0.1, 0.15) is 0 Å². The van der Waals surface area contributed by atoms with Crippen molar-refractivity contribution in [2.75, 3.05) is 6.61 Å². The molecule has 0 radical (unpaired) electrons. The van der Waals surface area contributed by atoms with E-state index in [0.717, 1.165) is 12.5 Å². The van der Waals surface area contributed by atoms with Crippen LogP contribution in [-0.4, -0.2) is 14.9 Å². The summed E-state index contributed by atoms with van der Waals surface area (Å²) in [6, 6.07) is 1.39. The molecule has 0 aromatic rings. The Morgan fingerprint density at radius 3 is 2.31 bits per heavy atom. The van der Waals surface area contributed by atoms with Crippen LogP contribution in [0.25, 0.3) is 0 Å². The van der Waals surface area contributed by atoms with Crippen LogP contribution in [0.1, 0.15) is 39.0 Å². The van der Waals surface area contributed by atoms with E-state index in [4.69, 9.17) is 4.43 Å². The van der Waals surface area contributed by atoms with Crippen LogP contribution < -0.4 is 0 Å². The van der Waals surface area contributed by atoms with Crippen molar-refractivity contribution in [3.8, 4) is 0 Å². The summed E-state index contributed by atoms with van der Waals surface area (Å²) in [7, 11) is -1.29. The van der Waals surface area contributed by atoms with Crippen molar-refractivity contribution in [2.45, 2.75) is 58.2 Å². The van der Waals surface area contributed by atoms with Crippen LogP contribution in [0.3, 0.4) is 0 Å². The van der Waals surface area contributed by atoms with Crippen LogP contribution in [0.15, 0.2) is 0 Å². The lowest BCUT2D eigenvalue weighted by Gasteiger charge is -2.29. The van der Waals surface area contributed by atoms with Crippen molar-refractivity contribution >= 4 is 8.32 Å². The molecule has 0 heterocycles. The fraction of sp³-hybridized carbons (Fsp3) is 1.00. The normalized spacial score (nSPS) is 20.5. The Labute approximate surface area is 84.0 Å². The molecule has 13 heavy (non-hydrogen) atoms. The van der Waals surface area contributed by atoms with Crippen molar-refractivity contribution in [3.63, 3.8) is 0 Å². The van der Waals surface area contributed by atoms with Gasteiger partial charge in [-0.2, -0.15) is 0 Å². The summed E-state index contributed by atoms with van der Waals surface area (Å²) in [5.41, 5.74) is 0. The lowest BCUT2D eigenvalue weighted by atomic mass is 9.91. The Bertz CT molecular complexity index is 139. The Kier molecular flexibility index (Phi) is 4.46. The maximum Gasteiger partial charge on any atom is 0.186 e. The van der Waals surface area contributed by atoms with Crippen molar-refractivity contribution in [3.05, 3.63) is 0 Å². The molecular formula is C11H24OSi. The average Bonchev–Trinajstić information content (AvgIpc) is 2.04. The number of hydrogen-bond acceptors (Lipinski definition) is 1. The van der Waals surface area contributed by atoms with Crippen molar-refractivity contribution in [1.29, 1.82) is 0 Å². The van der Waals surface area contributed by atoms with Gasteiger partial charge in [0.15, 0.2) is 8.32 Å². The molecule has 1 aliphatic carbocycles. The Balaban J connectivity index is 2.28. The highest BCUT2D eigenvalue weighted by atomic mass is 28.4. The van der Waals surface area contributed by atoms with Crippen molar-refractivity contribution in [2.24, 2.45) is 5.92 Å². The van der Waals surface area contributed by atoms with Gasteiger partial charge in [-0.25, -0.2) is 0 Å². The van der Waals surface area contributed by atoms with Gasteiger partial charge in [-0.3, -0.25) is 0 Å². The first kappa shape index (κ1) is 11.3. The molecule has 0 amide bonds. The maximum atomic E-state index is 5.87. The Morgan fingerprint density at radius 2 is 1.77 bits per heavy atom. The highest BCUT2D eigenvalue weighted by Crippen LogP contribution is 2.31. The fourth-order valence-corrected chi connectivity index (χ4v) is 5.23. The SMILES string of the molecule is CCO[Si](C)(C)CC1CCCCC1. The molecular weight excluding hydrogens is 176 g/mol. The molecule has 0 aliphatic heterocycles. The van der Waals surface area contributed by atoms with Crippen LogP contribution in [0, 0.1) is 5.92 Å². The molecule has 0 atom stereocenters. The van der Waals surface area contributed by atoms with Crippen LogP contribution in [0.5, 0.6) is 0 Å². The summed E-state index contributed by atoms with van der Waals surface area (Å²) in [4.78, 5) is 0. The smallest absolute Gasteiger partial charge is 0.186 e. The topological polar surface area (TPSA) is 9.23 Å². The third kappa shape index (κ3) is 4.27. The van der Waals surface area contributed by atoms with E-state index in [1.807, 2.05) is 0 Å². The fourth-order valence-electron chi connectivity index (χ4n) is 2.54. The van der Waals surface area contributed by atoms with E-state index in [-0.39, 0.29) is 0 Å². The second-order valence-electron chi connectivity index (χ2n) is 4.90. The zero-order valence-electron chi connectivity index (χ0n) is 9.44. The van der Waals surface area contributed by atoms with Gasteiger partial charge >= 0.3 is 0 Å². The van der Waals surface area contributed by atoms with Crippen LogP contribution in [0.2, 0.25) is 19.1 Å². The molecule has 0 aromatic heterocycles. The van der Waals surface area contributed by atoms with E-state index in [2.05, 4.69) is 20.0 Å². The standard InChI is InChI=1S/C11H24OSi/c1-4-12-13(2,3)10-11-8-6-5-7-9-11/h11H,4-10H2,1-3H3. The number of rotatable bonds is 4. The quantitative estimate of drug-likeness (QED) is 0.627. The van der Waals surface area contributed by atoms with Gasteiger partial charge in [0.05, 0.1) is 0 Å². The predicted molar refractivity (Wildman–Crippen MR) is 60.5 cm³/mol. The second kappa shape index (κ2) is 5.16. The van der Waals surface area contributed by atoms with Gasteiger partial charge < -0.3 is 4.43 Å². The van der Waals surface area contributed by atoms with Gasteiger partial charge in [0.25, 0.3) is 0 Å². The van der Waals surface area contributed by atoms with Gasteiger partial charge in [-0.1, -0.05) is 32.1 Å². The molecule has 2 heteroatoms. The van der Waals surface area contributed by atoms with E-state index in [9.17, 15) is 0 Å². The molecule has 1 rings (SSSR count). The molecule has 78 valence electrons. The van der Waals surface area contributed by atoms with E-state index in [1.165, 1.54) is 38.1 Å². The molecule has 0 spiro atoms. The summed E-state index contributed by atoms with van der Waals surface area (Å²) in [6.07, 6.45) is 7.31. The minimum Gasteiger partial charge on any atom is -0.418 e. The highest BCUT2D eigenvalue weighted by molar-refractivity contribution is 6.71. The summed E-state index contributed by atoms with van der Waals surface area (Å²) in [5.74, 6) is 0.988. The zero-order valence-corrected chi connectivity index (χ0v) is 10.4. The molecule has 0 N–H and O–H groups in total. The van der Waals surface area contributed by atoms with Gasteiger partial charge in [0, 0.05) is 6.61 Å². The third-order valence-corrected chi connectivity index (χ3v) is 5.67. The van der Waals surface area contributed by atoms with Gasteiger partial charge in [-0.05, 0) is 32.0 Å². The summed E-state index contributed by atoms with van der Waals surface area (Å²) < 4.78 is 5.87. The molecule has 1 aliphatic rings. The number of hydrogen-bond donors (Lipinski definition) is 0. The van der Waals surface area contributed by atoms with E-state index in [0.29, 0.717) is 0 Å². The van der Waals surface area contributed by atoms with E-state index >= 15 is 0 Å². The maximum absolute atomic E-state index is 5.87. The van der Waals surface area contributed by atoms with Crippen LogP contribution in [-0.2, 0) is 4.43 Å². The average molecular weight is 200 g/mol. The highest BCUT2D eigenvalue weighted by Gasteiger charge is 2.27. The lowest BCUT2D eigenvalue weighted by Crippen LogP contribution is -2.33. The lowest BCUT2D eigenvalue weighted by molar-refractivity contribution is 0.307. The van der Waals surface area contributed by atoms with Gasteiger partial charge in [0.2, 0.25) is 0 Å². The first-order valence-corrected chi connectivity index (χ1v) is 8.89. The molecule has 0 bridgehead atoms. The largest absolute Gasteiger partial charge is 0.418 e. The molecule has 0 saturated heterocycles. The first-order valence-electron chi connectivity index (χ1n) is 5.78. The Hall–Kier alpha value is 0.177. The van der Waals surface area contributed by atoms with Gasteiger partial charge in [-0.15, -0.1) is 0 Å². The van der Waals surface area contributed by atoms with Crippen molar-refractivity contribution in [1.82, 2.24) is 0 Å². The third-order valence-electron chi connectivity index (χ3n) is 3.04. The van der Waals surface area contributed by atoms with Crippen LogP contribution in [0.4, 0.5) is 0 Å².